The topological polar surface area (TPSA) is 98.5 Å². The molecule has 0 aromatic heterocycles. The van der Waals surface area contributed by atoms with Crippen LogP contribution in [0.2, 0.25) is 0 Å². The summed E-state index contributed by atoms with van der Waals surface area (Å²) in [6, 6.07) is 11.3. The first-order valence-electron chi connectivity index (χ1n) is 10.2. The van der Waals surface area contributed by atoms with E-state index in [9.17, 15) is 19.7 Å². The van der Waals surface area contributed by atoms with Crippen LogP contribution in [0.1, 0.15) is 55.0 Å². The molecule has 0 heterocycles. The molecule has 1 atom stereocenters. The Balaban J connectivity index is 1.78. The van der Waals surface area contributed by atoms with Crippen molar-refractivity contribution in [2.45, 2.75) is 58.1 Å². The van der Waals surface area contributed by atoms with Gasteiger partial charge in [0.15, 0.2) is 0 Å². The lowest BCUT2D eigenvalue weighted by Crippen LogP contribution is -2.32. The lowest BCUT2D eigenvalue weighted by molar-refractivity contribution is -0.385. The fourth-order valence-electron chi connectivity index (χ4n) is 3.83. The number of hydrogen-bond acceptors (Lipinski definition) is 5. The summed E-state index contributed by atoms with van der Waals surface area (Å²) in [5, 5.41) is 14.3. The van der Waals surface area contributed by atoms with Gasteiger partial charge in [-0.05, 0) is 49.8 Å². The molecule has 1 amide bonds. The van der Waals surface area contributed by atoms with Crippen molar-refractivity contribution in [3.8, 4) is 0 Å². The highest BCUT2D eigenvalue weighted by molar-refractivity contribution is 5.80. The van der Waals surface area contributed by atoms with Gasteiger partial charge in [0, 0.05) is 6.07 Å². The number of ether oxygens (including phenoxy) is 1. The number of fused-ring (bicyclic) bond motifs is 1. The maximum Gasteiger partial charge on any atom is 0.308 e. The third-order valence-electron chi connectivity index (χ3n) is 5.11. The second kappa shape index (κ2) is 9.52. The van der Waals surface area contributed by atoms with Gasteiger partial charge < -0.3 is 10.1 Å². The van der Waals surface area contributed by atoms with Gasteiger partial charge in [-0.25, -0.2) is 0 Å². The molecule has 1 N–H and O–H groups in total. The Kier molecular flexibility index (Phi) is 6.82. The van der Waals surface area contributed by atoms with Crippen LogP contribution in [0.5, 0.6) is 0 Å². The molecule has 1 aliphatic carbocycles. The molecular formula is C23H26N2O5. The maximum absolute atomic E-state index is 12.7. The van der Waals surface area contributed by atoms with Gasteiger partial charge in [-0.15, -0.1) is 0 Å². The van der Waals surface area contributed by atoms with Crippen LogP contribution in [-0.4, -0.2) is 22.9 Å². The molecule has 2 aromatic carbocycles. The van der Waals surface area contributed by atoms with Crippen LogP contribution in [-0.2, 0) is 33.6 Å². The van der Waals surface area contributed by atoms with E-state index in [0.717, 1.165) is 24.8 Å². The van der Waals surface area contributed by atoms with Crippen molar-refractivity contribution in [2.75, 3.05) is 0 Å². The number of amides is 1. The first-order valence-corrected chi connectivity index (χ1v) is 10.2. The van der Waals surface area contributed by atoms with Crippen LogP contribution < -0.4 is 5.32 Å². The number of nitro groups is 1. The van der Waals surface area contributed by atoms with Crippen molar-refractivity contribution in [2.24, 2.45) is 0 Å². The number of benzene rings is 2. The van der Waals surface area contributed by atoms with Crippen LogP contribution in [0.25, 0.3) is 0 Å². The fraction of sp³-hybridized carbons (Fsp3) is 0.391. The van der Waals surface area contributed by atoms with Gasteiger partial charge in [0.2, 0.25) is 5.91 Å². The second-order valence-corrected chi connectivity index (χ2v) is 7.81. The Morgan fingerprint density at radius 3 is 2.60 bits per heavy atom. The van der Waals surface area contributed by atoms with E-state index in [0.29, 0.717) is 0 Å². The number of hydrogen-bond donors (Lipinski definition) is 1. The van der Waals surface area contributed by atoms with Crippen LogP contribution >= 0.6 is 0 Å². The summed E-state index contributed by atoms with van der Waals surface area (Å²) in [5.41, 5.74) is 3.63. The Morgan fingerprint density at radius 1 is 1.13 bits per heavy atom. The van der Waals surface area contributed by atoms with Crippen LogP contribution in [0.4, 0.5) is 5.69 Å². The van der Waals surface area contributed by atoms with Crippen LogP contribution in [0, 0.1) is 10.1 Å². The molecule has 7 heteroatoms. The van der Waals surface area contributed by atoms with Gasteiger partial charge in [0.05, 0.1) is 35.5 Å². The zero-order valence-corrected chi connectivity index (χ0v) is 17.2. The predicted octanol–water partition coefficient (Wildman–Crippen LogP) is 3.83. The molecule has 3 rings (SSSR count). The Bertz CT molecular complexity index is 954. The average molecular weight is 410 g/mol. The minimum Gasteiger partial charge on any atom is -0.463 e. The normalized spacial score (nSPS) is 13.6. The number of para-hydroxylation sites is 1. The Labute approximate surface area is 175 Å². The second-order valence-electron chi connectivity index (χ2n) is 7.81. The smallest absolute Gasteiger partial charge is 0.308 e. The highest BCUT2D eigenvalue weighted by atomic mass is 16.6. The van der Waals surface area contributed by atoms with Crippen molar-refractivity contribution in [3.05, 3.63) is 74.8 Å². The van der Waals surface area contributed by atoms with Crippen molar-refractivity contribution in [3.63, 3.8) is 0 Å². The zero-order chi connectivity index (χ0) is 21.7. The molecule has 0 bridgehead atoms. The number of aryl methyl sites for hydroxylation is 2. The van der Waals surface area contributed by atoms with E-state index in [2.05, 4.69) is 17.4 Å². The van der Waals surface area contributed by atoms with E-state index in [1.807, 2.05) is 6.07 Å². The largest absolute Gasteiger partial charge is 0.463 e. The number of rotatable bonds is 8. The molecule has 30 heavy (non-hydrogen) atoms. The third kappa shape index (κ3) is 5.43. The summed E-state index contributed by atoms with van der Waals surface area (Å²) in [6.45, 7) is 3.45. The van der Waals surface area contributed by atoms with Crippen LogP contribution in [0.3, 0.4) is 0 Å². The average Bonchev–Trinajstić information content (AvgIpc) is 3.14. The molecule has 158 valence electrons. The molecule has 0 fully saturated rings. The molecular weight excluding hydrogens is 384 g/mol. The molecule has 0 saturated heterocycles. The number of nitrogens with one attached hydrogen (secondary N) is 1. The number of carbonyl (C=O) groups excluding carboxylic acids is 2. The van der Waals surface area contributed by atoms with Gasteiger partial charge in [-0.1, -0.05) is 36.4 Å². The standard InChI is InChI=1S/C23H26N2O5/c1-15(2)30-23(27)14-20(19-8-3-4-9-21(19)25(28)29)24-22(26)13-16-10-11-17-6-5-7-18(17)12-16/h3-4,8-12,15,20H,5-7,13-14H2,1-2H3,(H,24,26). The Hall–Kier alpha value is -3.22. The summed E-state index contributed by atoms with van der Waals surface area (Å²) >= 11 is 0. The summed E-state index contributed by atoms with van der Waals surface area (Å²) in [5.74, 6) is -0.820. The zero-order valence-electron chi connectivity index (χ0n) is 17.2. The van der Waals surface area contributed by atoms with Crippen molar-refractivity contribution in [1.29, 1.82) is 0 Å². The van der Waals surface area contributed by atoms with Gasteiger partial charge in [0.25, 0.3) is 5.69 Å². The number of nitro benzene ring substituents is 1. The minimum atomic E-state index is -0.847. The van der Waals surface area contributed by atoms with Gasteiger partial charge in [-0.2, -0.15) is 0 Å². The molecule has 2 aromatic rings. The first kappa shape index (κ1) is 21.5. The third-order valence-corrected chi connectivity index (χ3v) is 5.11. The van der Waals surface area contributed by atoms with E-state index in [-0.39, 0.29) is 36.1 Å². The van der Waals surface area contributed by atoms with E-state index in [4.69, 9.17) is 4.74 Å². The van der Waals surface area contributed by atoms with Gasteiger partial charge >= 0.3 is 5.97 Å². The lowest BCUT2D eigenvalue weighted by Gasteiger charge is -2.19. The SMILES string of the molecule is CC(C)OC(=O)CC(NC(=O)Cc1ccc2c(c1)CCC2)c1ccccc1[N+](=O)[O-]. The molecule has 0 aliphatic heterocycles. The van der Waals surface area contributed by atoms with Gasteiger partial charge in [0.1, 0.15) is 0 Å². The highest BCUT2D eigenvalue weighted by Crippen LogP contribution is 2.28. The molecule has 0 radical (unpaired) electrons. The number of carbonyl (C=O) groups is 2. The molecule has 0 saturated carbocycles. The number of esters is 1. The van der Waals surface area contributed by atoms with Crippen molar-refractivity contribution in [1.82, 2.24) is 5.32 Å². The highest BCUT2D eigenvalue weighted by Gasteiger charge is 2.26. The molecule has 7 nitrogen and oxygen atoms in total. The fourth-order valence-corrected chi connectivity index (χ4v) is 3.83. The molecule has 1 aliphatic rings. The van der Waals surface area contributed by atoms with Crippen molar-refractivity contribution >= 4 is 17.6 Å². The maximum atomic E-state index is 12.7. The van der Waals surface area contributed by atoms with E-state index in [1.54, 1.807) is 32.0 Å². The van der Waals surface area contributed by atoms with Gasteiger partial charge in [-0.3, -0.25) is 19.7 Å². The monoisotopic (exact) mass is 410 g/mol. The minimum absolute atomic E-state index is 0.141. The van der Waals surface area contributed by atoms with Crippen molar-refractivity contribution < 1.29 is 19.2 Å². The van der Waals surface area contributed by atoms with E-state index in [1.165, 1.54) is 17.2 Å². The van der Waals surface area contributed by atoms with E-state index < -0.39 is 16.9 Å². The van der Waals surface area contributed by atoms with Crippen LogP contribution in [0.15, 0.2) is 42.5 Å². The molecule has 0 spiro atoms. The summed E-state index contributed by atoms with van der Waals surface area (Å²) in [4.78, 5) is 35.9. The number of nitrogens with zero attached hydrogens (tertiary/aromatic N) is 1. The summed E-state index contributed by atoms with van der Waals surface area (Å²) in [6.07, 6.45) is 2.86. The van der Waals surface area contributed by atoms with E-state index >= 15 is 0 Å². The summed E-state index contributed by atoms with van der Waals surface area (Å²) in [7, 11) is 0. The first-order chi connectivity index (χ1) is 14.3. The quantitative estimate of drug-likeness (QED) is 0.405. The summed E-state index contributed by atoms with van der Waals surface area (Å²) < 4.78 is 5.19. The Morgan fingerprint density at radius 2 is 1.87 bits per heavy atom. The predicted molar refractivity (Wildman–Crippen MR) is 112 cm³/mol. The lowest BCUT2D eigenvalue weighted by atomic mass is 10.0. The molecule has 1 unspecified atom stereocenters.